The molecule has 0 bridgehead atoms. The van der Waals surface area contributed by atoms with E-state index < -0.39 is 11.9 Å². The Kier molecular flexibility index (Phi) is 5.61. The highest BCUT2D eigenvalue weighted by Crippen LogP contribution is 2.44. The topological polar surface area (TPSA) is 69.1 Å². The fourth-order valence-electron chi connectivity index (χ4n) is 3.66. The highest BCUT2D eigenvalue weighted by molar-refractivity contribution is 6.32. The largest absolute Gasteiger partial charge is 0.487 e. The molecule has 0 amide bonds. The molecule has 4 aromatic rings. The van der Waals surface area contributed by atoms with Crippen LogP contribution in [0.25, 0.3) is 16.6 Å². The zero-order valence-electron chi connectivity index (χ0n) is 18.1. The van der Waals surface area contributed by atoms with Crippen LogP contribution in [0.2, 0.25) is 5.02 Å². The molecule has 0 unspecified atom stereocenters. The average molecular weight is 484 g/mol. The summed E-state index contributed by atoms with van der Waals surface area (Å²) >= 11 is 6.32. The van der Waals surface area contributed by atoms with E-state index in [2.05, 4.69) is 10.1 Å². The third-order valence-corrected chi connectivity index (χ3v) is 5.79. The molecule has 0 saturated carbocycles. The van der Waals surface area contributed by atoms with Gasteiger partial charge in [-0.25, -0.2) is 9.48 Å². The number of nitrogens with zero attached hydrogens (tertiary/aromatic N) is 2. The minimum atomic E-state index is -3.14. The number of hydrogen-bond acceptors (Lipinski definition) is 4. The van der Waals surface area contributed by atoms with E-state index in [9.17, 15) is 13.6 Å². The summed E-state index contributed by atoms with van der Waals surface area (Å²) < 4.78 is 41.8. The number of para-hydroxylation sites is 1. The lowest BCUT2D eigenvalue weighted by molar-refractivity contribution is 0.0376. The van der Waals surface area contributed by atoms with Crippen molar-refractivity contribution < 1.29 is 23.0 Å². The van der Waals surface area contributed by atoms with Gasteiger partial charge in [0, 0.05) is 16.5 Å². The van der Waals surface area contributed by atoms with Gasteiger partial charge in [-0.1, -0.05) is 29.8 Å². The summed E-state index contributed by atoms with van der Waals surface area (Å²) in [4.78, 5) is 15.0. The SMILES string of the molecule is CCOC(=O)c1cc2cc(OCc3cc(C(F)(F)C4=CC4)nn3-c3ccccc3Cl)ccc2[nH]1. The maximum absolute atomic E-state index is 14.8. The summed E-state index contributed by atoms with van der Waals surface area (Å²) in [5.41, 5.74) is 1.69. The zero-order valence-corrected chi connectivity index (χ0v) is 18.9. The molecule has 1 aliphatic carbocycles. The first-order valence-corrected chi connectivity index (χ1v) is 11.1. The summed E-state index contributed by atoms with van der Waals surface area (Å²) in [6.07, 6.45) is 1.77. The van der Waals surface area contributed by atoms with Crippen LogP contribution < -0.4 is 4.74 Å². The first-order valence-electron chi connectivity index (χ1n) is 10.7. The number of esters is 1. The molecule has 2 heterocycles. The molecule has 34 heavy (non-hydrogen) atoms. The number of rotatable bonds is 8. The van der Waals surface area contributed by atoms with E-state index in [1.54, 1.807) is 55.5 Å². The van der Waals surface area contributed by atoms with Gasteiger partial charge in [0.25, 0.3) is 0 Å². The monoisotopic (exact) mass is 483 g/mol. The summed E-state index contributed by atoms with van der Waals surface area (Å²) in [6.45, 7) is 2.00. The molecule has 5 rings (SSSR count). The number of H-pyrrole nitrogens is 1. The van der Waals surface area contributed by atoms with Crippen LogP contribution in [-0.4, -0.2) is 27.3 Å². The Bertz CT molecular complexity index is 1420. The molecule has 0 spiro atoms. The fraction of sp³-hybridized carbons (Fsp3) is 0.200. The Morgan fingerprint density at radius 3 is 2.74 bits per heavy atom. The predicted molar refractivity (Wildman–Crippen MR) is 124 cm³/mol. The summed E-state index contributed by atoms with van der Waals surface area (Å²) in [6, 6.07) is 15.2. The van der Waals surface area contributed by atoms with Crippen LogP contribution in [0.4, 0.5) is 8.78 Å². The van der Waals surface area contributed by atoms with Gasteiger partial charge in [0.2, 0.25) is 0 Å². The van der Waals surface area contributed by atoms with E-state index in [1.807, 2.05) is 0 Å². The first-order chi connectivity index (χ1) is 16.4. The van der Waals surface area contributed by atoms with E-state index in [0.29, 0.717) is 27.8 Å². The maximum atomic E-state index is 14.8. The summed E-state index contributed by atoms with van der Waals surface area (Å²) in [5.74, 6) is -3.08. The van der Waals surface area contributed by atoms with Crippen molar-refractivity contribution in [3.05, 3.63) is 88.4 Å². The normalized spacial score (nSPS) is 13.1. The lowest BCUT2D eigenvalue weighted by Crippen LogP contribution is -2.13. The Hall–Kier alpha value is -3.65. The molecule has 6 nitrogen and oxygen atoms in total. The highest BCUT2D eigenvalue weighted by atomic mass is 35.5. The van der Waals surface area contributed by atoms with Gasteiger partial charge in [-0.3, -0.25) is 0 Å². The molecule has 2 aromatic carbocycles. The standard InChI is InChI=1S/C25H20ClF2N3O3/c1-2-33-24(32)21-12-15-11-18(9-10-20(15)29-21)34-14-17-13-23(25(27,28)16-7-8-16)30-31(17)22-6-4-3-5-19(22)26/h3-7,9-13,29H,2,8,14H2,1H3. The van der Waals surface area contributed by atoms with Gasteiger partial charge in [-0.2, -0.15) is 13.9 Å². The number of carbonyl (C=O) groups excluding carboxylic acids is 1. The van der Waals surface area contributed by atoms with E-state index in [4.69, 9.17) is 21.1 Å². The van der Waals surface area contributed by atoms with Gasteiger partial charge in [0.1, 0.15) is 23.7 Å². The summed E-state index contributed by atoms with van der Waals surface area (Å²) in [5, 5.41) is 5.32. The van der Waals surface area contributed by atoms with E-state index in [-0.39, 0.29) is 30.9 Å². The third-order valence-electron chi connectivity index (χ3n) is 5.47. The number of allylic oxidation sites excluding steroid dienone is 2. The highest BCUT2D eigenvalue weighted by Gasteiger charge is 2.43. The van der Waals surface area contributed by atoms with Gasteiger partial charge in [0.05, 0.1) is 23.0 Å². The van der Waals surface area contributed by atoms with E-state index in [1.165, 1.54) is 16.8 Å². The quantitative estimate of drug-likeness (QED) is 0.240. The van der Waals surface area contributed by atoms with Crippen LogP contribution >= 0.6 is 11.6 Å². The van der Waals surface area contributed by atoms with Crippen LogP contribution in [0.1, 0.15) is 35.2 Å². The van der Waals surface area contributed by atoms with Crippen molar-refractivity contribution in [3.8, 4) is 11.4 Å². The second kappa shape index (κ2) is 8.61. The van der Waals surface area contributed by atoms with Gasteiger partial charge in [-0.15, -0.1) is 0 Å². The van der Waals surface area contributed by atoms with Crippen molar-refractivity contribution in [1.29, 1.82) is 0 Å². The number of halogens is 3. The number of hydrogen-bond donors (Lipinski definition) is 1. The Morgan fingerprint density at radius 1 is 1.21 bits per heavy atom. The third kappa shape index (κ3) is 4.17. The molecular weight excluding hydrogens is 464 g/mol. The predicted octanol–water partition coefficient (Wildman–Crippen LogP) is 6.18. The Balaban J connectivity index is 1.44. The van der Waals surface area contributed by atoms with E-state index >= 15 is 0 Å². The van der Waals surface area contributed by atoms with Crippen molar-refractivity contribution in [2.45, 2.75) is 25.9 Å². The molecule has 0 aliphatic heterocycles. The first kappa shape index (κ1) is 22.2. The van der Waals surface area contributed by atoms with E-state index in [0.717, 1.165) is 10.9 Å². The van der Waals surface area contributed by atoms with Crippen LogP contribution in [-0.2, 0) is 17.3 Å². The maximum Gasteiger partial charge on any atom is 0.354 e. The second-order valence-electron chi connectivity index (χ2n) is 7.83. The van der Waals surface area contributed by atoms with Crippen molar-refractivity contribution in [2.24, 2.45) is 0 Å². The number of alkyl halides is 2. The molecule has 9 heteroatoms. The summed E-state index contributed by atoms with van der Waals surface area (Å²) in [7, 11) is 0. The van der Waals surface area contributed by atoms with Gasteiger partial charge < -0.3 is 14.5 Å². The molecule has 174 valence electrons. The lowest BCUT2D eigenvalue weighted by atomic mass is 10.2. The molecule has 0 radical (unpaired) electrons. The minimum absolute atomic E-state index is 0.0198. The minimum Gasteiger partial charge on any atom is -0.487 e. The van der Waals surface area contributed by atoms with Crippen LogP contribution in [0.5, 0.6) is 5.75 Å². The molecule has 0 atom stereocenters. The fourth-order valence-corrected chi connectivity index (χ4v) is 3.87. The van der Waals surface area contributed by atoms with Crippen LogP contribution in [0.15, 0.2) is 66.2 Å². The van der Waals surface area contributed by atoms with Crippen molar-refractivity contribution in [3.63, 3.8) is 0 Å². The van der Waals surface area contributed by atoms with Gasteiger partial charge >= 0.3 is 11.9 Å². The zero-order chi connectivity index (χ0) is 23.9. The lowest BCUT2D eigenvalue weighted by Gasteiger charge is -2.11. The molecule has 0 fully saturated rings. The molecule has 1 aliphatic rings. The number of fused-ring (bicyclic) bond motifs is 1. The smallest absolute Gasteiger partial charge is 0.354 e. The van der Waals surface area contributed by atoms with Gasteiger partial charge in [0.15, 0.2) is 0 Å². The van der Waals surface area contributed by atoms with Crippen molar-refractivity contribution in [2.75, 3.05) is 6.61 Å². The molecule has 0 saturated heterocycles. The molecular formula is C25H20ClF2N3O3. The number of nitrogens with one attached hydrogen (secondary N) is 1. The second-order valence-corrected chi connectivity index (χ2v) is 8.24. The Morgan fingerprint density at radius 2 is 2.00 bits per heavy atom. The number of aromatic amines is 1. The number of ether oxygens (including phenoxy) is 2. The van der Waals surface area contributed by atoms with Crippen molar-refractivity contribution in [1.82, 2.24) is 14.8 Å². The average Bonchev–Trinajstić information content (AvgIpc) is 3.46. The number of aromatic nitrogens is 3. The van der Waals surface area contributed by atoms with Crippen LogP contribution in [0.3, 0.4) is 0 Å². The van der Waals surface area contributed by atoms with Gasteiger partial charge in [-0.05, 0) is 55.8 Å². The van der Waals surface area contributed by atoms with Crippen molar-refractivity contribution >= 4 is 28.5 Å². The number of benzene rings is 2. The molecule has 1 N–H and O–H groups in total. The Labute approximate surface area is 198 Å². The van der Waals surface area contributed by atoms with Crippen LogP contribution in [0, 0.1) is 0 Å². The molecule has 2 aromatic heterocycles. The number of carbonyl (C=O) groups is 1.